The first-order chi connectivity index (χ1) is 16.1. The van der Waals surface area contributed by atoms with Gasteiger partial charge in [-0.05, 0) is 88.7 Å². The zero-order valence-corrected chi connectivity index (χ0v) is 21.0. The molecular weight excluding hydrogens is 412 g/mol. The van der Waals surface area contributed by atoms with Gasteiger partial charge in [-0.3, -0.25) is 14.7 Å². The summed E-state index contributed by atoms with van der Waals surface area (Å²) in [5, 5.41) is 1.13. The zero-order valence-electron chi connectivity index (χ0n) is 21.0. The third kappa shape index (κ3) is 7.17. The highest BCUT2D eigenvalue weighted by atomic mass is 16.5. The van der Waals surface area contributed by atoms with Gasteiger partial charge in [0, 0.05) is 11.9 Å². The van der Waals surface area contributed by atoms with Crippen LogP contribution < -0.4 is 4.74 Å². The Hall–Kier alpha value is -2.14. The van der Waals surface area contributed by atoms with Gasteiger partial charge in [0.2, 0.25) is 0 Å². The Morgan fingerprint density at radius 2 is 1.73 bits per heavy atom. The van der Waals surface area contributed by atoms with Crippen LogP contribution >= 0.6 is 0 Å². The van der Waals surface area contributed by atoms with Crippen LogP contribution in [-0.4, -0.2) is 41.7 Å². The molecule has 0 radical (unpaired) electrons. The number of esters is 1. The number of benzene rings is 1. The largest absolute Gasteiger partial charge is 0.490 e. The molecule has 1 aliphatic heterocycles. The molecule has 182 valence electrons. The quantitative estimate of drug-likeness (QED) is 0.454. The molecule has 2 fully saturated rings. The summed E-state index contributed by atoms with van der Waals surface area (Å²) in [7, 11) is 0. The number of aromatic nitrogens is 1. The van der Waals surface area contributed by atoms with Crippen LogP contribution in [0.2, 0.25) is 0 Å². The highest BCUT2D eigenvalue weighted by molar-refractivity contribution is 5.80. The lowest BCUT2D eigenvalue weighted by atomic mass is 9.86. The summed E-state index contributed by atoms with van der Waals surface area (Å²) in [6.07, 6.45) is 8.29. The number of carbonyl (C=O) groups is 1. The van der Waals surface area contributed by atoms with Gasteiger partial charge in [-0.1, -0.05) is 33.3 Å². The first-order valence-electron chi connectivity index (χ1n) is 13.1. The van der Waals surface area contributed by atoms with Crippen molar-refractivity contribution >= 4 is 16.9 Å². The van der Waals surface area contributed by atoms with Gasteiger partial charge in [0.1, 0.15) is 5.75 Å². The van der Waals surface area contributed by atoms with E-state index >= 15 is 0 Å². The molecule has 5 heteroatoms. The third-order valence-electron chi connectivity index (χ3n) is 6.99. The second-order valence-corrected chi connectivity index (χ2v) is 9.13. The molecule has 1 aromatic heterocycles. The Bertz CT molecular complexity index is 869. The number of carbonyl (C=O) groups excluding carboxylic acids is 1. The number of likely N-dealkylation sites (tertiary alicyclic amines) is 1. The normalized spacial score (nSPS) is 21.8. The lowest BCUT2D eigenvalue weighted by Crippen LogP contribution is -2.36. The average molecular weight is 455 g/mol. The van der Waals surface area contributed by atoms with Crippen LogP contribution in [0.25, 0.3) is 10.9 Å². The lowest BCUT2D eigenvalue weighted by molar-refractivity contribution is -0.149. The Morgan fingerprint density at radius 3 is 2.39 bits per heavy atom. The van der Waals surface area contributed by atoms with Crippen molar-refractivity contribution in [1.29, 1.82) is 0 Å². The number of hydrogen-bond acceptors (Lipinski definition) is 5. The van der Waals surface area contributed by atoms with Gasteiger partial charge in [0.15, 0.2) is 0 Å². The molecule has 1 aliphatic carbocycles. The second-order valence-electron chi connectivity index (χ2n) is 9.13. The van der Waals surface area contributed by atoms with Gasteiger partial charge >= 0.3 is 5.97 Å². The van der Waals surface area contributed by atoms with E-state index in [1.165, 1.54) is 32.1 Å². The maximum absolute atomic E-state index is 11.9. The van der Waals surface area contributed by atoms with Crippen molar-refractivity contribution in [1.82, 2.24) is 9.88 Å². The molecule has 4 rings (SSSR count). The molecule has 0 atom stereocenters. The molecule has 1 saturated heterocycles. The summed E-state index contributed by atoms with van der Waals surface area (Å²) in [5.74, 6) is 1.86. The van der Waals surface area contributed by atoms with Crippen LogP contribution in [0.15, 0.2) is 30.3 Å². The molecule has 2 aliphatic rings. The fourth-order valence-electron chi connectivity index (χ4n) is 4.97. The minimum atomic E-state index is -0.0394. The van der Waals surface area contributed by atoms with Crippen LogP contribution in [0.4, 0.5) is 0 Å². The fourth-order valence-corrected chi connectivity index (χ4v) is 4.97. The van der Waals surface area contributed by atoms with E-state index in [0.29, 0.717) is 12.7 Å². The van der Waals surface area contributed by atoms with Crippen LogP contribution in [-0.2, 0) is 16.1 Å². The Labute approximate surface area is 199 Å². The predicted octanol–water partition coefficient (Wildman–Crippen LogP) is 6.38. The second kappa shape index (κ2) is 12.9. The summed E-state index contributed by atoms with van der Waals surface area (Å²) in [6.45, 7) is 11.3. The number of pyridine rings is 1. The molecule has 0 spiro atoms. The van der Waals surface area contributed by atoms with Crippen molar-refractivity contribution in [3.05, 3.63) is 36.0 Å². The molecule has 0 amide bonds. The van der Waals surface area contributed by atoms with Crippen molar-refractivity contribution in [3.8, 4) is 5.75 Å². The minimum Gasteiger partial charge on any atom is -0.490 e. The summed E-state index contributed by atoms with van der Waals surface area (Å²) < 4.78 is 11.5. The molecular formula is C28H42N2O3. The van der Waals surface area contributed by atoms with Crippen molar-refractivity contribution in [2.75, 3.05) is 19.7 Å². The minimum absolute atomic E-state index is 0.0394. The van der Waals surface area contributed by atoms with E-state index in [4.69, 9.17) is 14.5 Å². The molecule has 1 saturated carbocycles. The van der Waals surface area contributed by atoms with Gasteiger partial charge in [0.05, 0.1) is 29.8 Å². The number of rotatable bonds is 7. The summed E-state index contributed by atoms with van der Waals surface area (Å²) in [4.78, 5) is 19.2. The SMILES string of the molecule is CC.CCOC(=O)C1CCN(Cc2ccc3cc(OC4CCC(CC)CC4)ccc3n2)CC1. The third-order valence-corrected chi connectivity index (χ3v) is 6.99. The van der Waals surface area contributed by atoms with Gasteiger partial charge < -0.3 is 9.47 Å². The number of nitrogens with zero attached hydrogens (tertiary/aromatic N) is 2. The van der Waals surface area contributed by atoms with Gasteiger partial charge in [0.25, 0.3) is 0 Å². The molecule has 0 unspecified atom stereocenters. The van der Waals surface area contributed by atoms with Crippen molar-refractivity contribution in [3.63, 3.8) is 0 Å². The molecule has 0 bridgehead atoms. The van der Waals surface area contributed by atoms with E-state index < -0.39 is 0 Å². The highest BCUT2D eigenvalue weighted by Crippen LogP contribution is 2.30. The van der Waals surface area contributed by atoms with E-state index in [0.717, 1.165) is 60.7 Å². The first kappa shape index (κ1) is 25.5. The maximum atomic E-state index is 11.9. The summed E-state index contributed by atoms with van der Waals surface area (Å²) in [6, 6.07) is 10.6. The molecule has 0 N–H and O–H groups in total. The Morgan fingerprint density at radius 1 is 1.00 bits per heavy atom. The number of piperidine rings is 1. The van der Waals surface area contributed by atoms with E-state index in [1.807, 2.05) is 20.8 Å². The van der Waals surface area contributed by atoms with Crippen molar-refractivity contribution in [2.45, 2.75) is 85.3 Å². The molecule has 33 heavy (non-hydrogen) atoms. The lowest BCUT2D eigenvalue weighted by Gasteiger charge is -2.30. The molecule has 2 aromatic rings. The first-order valence-corrected chi connectivity index (χ1v) is 13.1. The van der Waals surface area contributed by atoms with E-state index in [9.17, 15) is 4.79 Å². The maximum Gasteiger partial charge on any atom is 0.309 e. The number of hydrogen-bond donors (Lipinski definition) is 0. The van der Waals surface area contributed by atoms with Crippen molar-refractivity contribution in [2.24, 2.45) is 11.8 Å². The molecule has 5 nitrogen and oxygen atoms in total. The molecule has 1 aromatic carbocycles. The topological polar surface area (TPSA) is 51.7 Å². The standard InChI is InChI=1S/C26H36N2O3.C2H6/c1-3-19-5-9-23(10-6-19)31-24-11-12-25-21(17-24)7-8-22(27-25)18-28-15-13-20(14-16-28)26(29)30-4-2;1-2/h7-8,11-12,17,19-20,23H,3-6,9-10,13-16,18H2,1-2H3;1-2H3. The number of fused-ring (bicyclic) bond motifs is 1. The fraction of sp³-hybridized carbons (Fsp3) is 0.643. The van der Waals surface area contributed by atoms with Gasteiger partial charge in [-0.25, -0.2) is 0 Å². The predicted molar refractivity (Wildman–Crippen MR) is 134 cm³/mol. The van der Waals surface area contributed by atoms with E-state index in [1.54, 1.807) is 0 Å². The highest BCUT2D eigenvalue weighted by Gasteiger charge is 2.26. The van der Waals surface area contributed by atoms with Crippen LogP contribution in [0.5, 0.6) is 5.75 Å². The van der Waals surface area contributed by atoms with Crippen LogP contribution in [0.1, 0.15) is 78.3 Å². The summed E-state index contributed by atoms with van der Waals surface area (Å²) in [5.41, 5.74) is 2.09. The number of ether oxygens (including phenoxy) is 2. The smallest absolute Gasteiger partial charge is 0.309 e. The zero-order chi connectivity index (χ0) is 23.6. The van der Waals surface area contributed by atoms with E-state index in [2.05, 4.69) is 42.2 Å². The Kier molecular flexibility index (Phi) is 9.98. The van der Waals surface area contributed by atoms with E-state index in [-0.39, 0.29) is 11.9 Å². The monoisotopic (exact) mass is 454 g/mol. The van der Waals surface area contributed by atoms with Crippen molar-refractivity contribution < 1.29 is 14.3 Å². The van der Waals surface area contributed by atoms with Crippen LogP contribution in [0.3, 0.4) is 0 Å². The van der Waals surface area contributed by atoms with Gasteiger partial charge in [-0.15, -0.1) is 0 Å². The summed E-state index contributed by atoms with van der Waals surface area (Å²) >= 11 is 0. The van der Waals surface area contributed by atoms with Gasteiger partial charge in [-0.2, -0.15) is 0 Å². The Balaban J connectivity index is 0.00000149. The molecule has 2 heterocycles. The average Bonchev–Trinajstić information content (AvgIpc) is 2.86. The van der Waals surface area contributed by atoms with Crippen LogP contribution in [0, 0.1) is 11.8 Å².